The SMILES string of the molecule is CC(=O)N[C@@H](C)C(=O)CN[C@@H](C)C(N)=O.CCC. The summed E-state index contributed by atoms with van der Waals surface area (Å²) in [6.07, 6.45) is 1.25. The van der Waals surface area contributed by atoms with Crippen LogP contribution in [0.2, 0.25) is 0 Å². The van der Waals surface area contributed by atoms with E-state index < -0.39 is 18.0 Å². The average molecular weight is 259 g/mol. The molecule has 6 heteroatoms. The molecule has 0 saturated heterocycles. The molecule has 0 aromatic rings. The summed E-state index contributed by atoms with van der Waals surface area (Å²) in [4.78, 5) is 32.7. The van der Waals surface area contributed by atoms with Crippen LogP contribution in [-0.2, 0) is 14.4 Å². The van der Waals surface area contributed by atoms with Crippen LogP contribution < -0.4 is 16.4 Å². The number of rotatable bonds is 6. The third-order valence-corrected chi connectivity index (χ3v) is 1.91. The lowest BCUT2D eigenvalue weighted by atomic mass is 10.2. The third-order valence-electron chi connectivity index (χ3n) is 1.91. The van der Waals surface area contributed by atoms with Crippen LogP contribution in [0, 0.1) is 0 Å². The minimum absolute atomic E-state index is 0.00551. The van der Waals surface area contributed by atoms with E-state index >= 15 is 0 Å². The van der Waals surface area contributed by atoms with E-state index in [9.17, 15) is 14.4 Å². The molecule has 0 aliphatic heterocycles. The normalized spacial score (nSPS) is 12.7. The minimum Gasteiger partial charge on any atom is -0.368 e. The van der Waals surface area contributed by atoms with Crippen LogP contribution in [0.25, 0.3) is 0 Å². The fourth-order valence-electron chi connectivity index (χ4n) is 0.893. The van der Waals surface area contributed by atoms with Gasteiger partial charge in [-0.05, 0) is 13.8 Å². The zero-order chi connectivity index (χ0) is 14.7. The molecule has 0 unspecified atom stereocenters. The van der Waals surface area contributed by atoms with Crippen molar-refractivity contribution in [3.05, 3.63) is 0 Å². The number of nitrogens with two attached hydrogens (primary N) is 1. The fraction of sp³-hybridized carbons (Fsp3) is 0.750. The lowest BCUT2D eigenvalue weighted by Crippen LogP contribution is -2.46. The highest BCUT2D eigenvalue weighted by atomic mass is 16.2. The first-order valence-electron chi connectivity index (χ1n) is 6.08. The quantitative estimate of drug-likeness (QED) is 0.623. The fourth-order valence-corrected chi connectivity index (χ4v) is 0.893. The Hall–Kier alpha value is -1.43. The second-order valence-corrected chi connectivity index (χ2v) is 4.10. The zero-order valence-corrected chi connectivity index (χ0v) is 11.9. The molecule has 0 aromatic heterocycles. The second-order valence-electron chi connectivity index (χ2n) is 4.10. The van der Waals surface area contributed by atoms with Gasteiger partial charge in [0.15, 0.2) is 5.78 Å². The highest BCUT2D eigenvalue weighted by Gasteiger charge is 2.15. The standard InChI is InChI=1S/C9H17N3O3.C3H8/c1-5(12-7(3)13)8(14)4-11-6(2)9(10)15;1-3-2/h5-6,11H,4H2,1-3H3,(H2,10,15)(H,12,13);3H2,1-2H3/t5-,6-;/m0./s1. The van der Waals surface area contributed by atoms with E-state index in [2.05, 4.69) is 24.5 Å². The van der Waals surface area contributed by atoms with Crippen molar-refractivity contribution in [3.63, 3.8) is 0 Å². The van der Waals surface area contributed by atoms with E-state index in [1.165, 1.54) is 13.3 Å². The van der Waals surface area contributed by atoms with Crippen molar-refractivity contribution >= 4 is 17.6 Å². The maximum Gasteiger partial charge on any atom is 0.234 e. The summed E-state index contributed by atoms with van der Waals surface area (Å²) in [5, 5.41) is 5.11. The second kappa shape index (κ2) is 10.7. The molecule has 6 nitrogen and oxygen atoms in total. The summed E-state index contributed by atoms with van der Waals surface area (Å²) in [6, 6.07) is -1.12. The molecule has 0 bridgehead atoms. The molecule has 2 atom stereocenters. The Kier molecular flexibility index (Phi) is 11.3. The van der Waals surface area contributed by atoms with Gasteiger partial charge in [-0.2, -0.15) is 0 Å². The van der Waals surface area contributed by atoms with Gasteiger partial charge in [0.2, 0.25) is 11.8 Å². The van der Waals surface area contributed by atoms with Crippen LogP contribution in [-0.4, -0.2) is 36.2 Å². The summed E-state index contributed by atoms with van der Waals surface area (Å²) in [6.45, 7) is 8.74. The van der Waals surface area contributed by atoms with E-state index in [1.807, 2.05) is 0 Å². The Morgan fingerprint density at radius 3 is 1.89 bits per heavy atom. The van der Waals surface area contributed by atoms with Crippen LogP contribution in [0.15, 0.2) is 0 Å². The summed E-state index contributed by atoms with van der Waals surface area (Å²) >= 11 is 0. The average Bonchev–Trinajstić information content (AvgIpc) is 2.25. The molecule has 0 radical (unpaired) electrons. The lowest BCUT2D eigenvalue weighted by Gasteiger charge is -2.13. The largest absolute Gasteiger partial charge is 0.368 e. The first-order valence-corrected chi connectivity index (χ1v) is 6.08. The van der Waals surface area contributed by atoms with E-state index in [0.29, 0.717) is 0 Å². The molecular weight excluding hydrogens is 234 g/mol. The van der Waals surface area contributed by atoms with E-state index in [1.54, 1.807) is 13.8 Å². The van der Waals surface area contributed by atoms with Crippen LogP contribution >= 0.6 is 0 Å². The number of nitrogens with one attached hydrogen (secondary N) is 2. The minimum atomic E-state index is -0.560. The molecular formula is C12H25N3O3. The number of carbonyl (C=O) groups is 3. The van der Waals surface area contributed by atoms with E-state index in [4.69, 9.17) is 5.73 Å². The van der Waals surface area contributed by atoms with Gasteiger partial charge in [-0.3, -0.25) is 19.7 Å². The molecule has 4 N–H and O–H groups in total. The molecule has 0 spiro atoms. The number of ketones is 1. The summed E-state index contributed by atoms with van der Waals surface area (Å²) in [5.74, 6) is -0.980. The number of carbonyl (C=O) groups excluding carboxylic acids is 3. The molecule has 0 heterocycles. The maximum atomic E-state index is 11.4. The van der Waals surface area contributed by atoms with E-state index in [0.717, 1.165) is 0 Å². The first-order chi connectivity index (χ1) is 8.26. The van der Waals surface area contributed by atoms with Gasteiger partial charge in [0.25, 0.3) is 0 Å². The molecule has 0 aromatic carbocycles. The number of amides is 2. The van der Waals surface area contributed by atoms with Gasteiger partial charge in [0, 0.05) is 6.92 Å². The maximum absolute atomic E-state index is 11.4. The van der Waals surface area contributed by atoms with Crippen molar-refractivity contribution in [2.45, 2.75) is 53.1 Å². The molecule has 2 amide bonds. The predicted octanol–water partition coefficient (Wildman–Crippen LogP) is -0.0402. The summed E-state index contributed by atoms with van der Waals surface area (Å²) < 4.78 is 0. The van der Waals surface area contributed by atoms with Gasteiger partial charge in [0.1, 0.15) is 0 Å². The lowest BCUT2D eigenvalue weighted by molar-refractivity contribution is -0.126. The van der Waals surface area contributed by atoms with Crippen LogP contribution in [0.1, 0.15) is 41.0 Å². The van der Waals surface area contributed by atoms with Crippen molar-refractivity contribution in [2.75, 3.05) is 6.54 Å². The van der Waals surface area contributed by atoms with Crippen LogP contribution in [0.4, 0.5) is 0 Å². The summed E-state index contributed by atoms with van der Waals surface area (Å²) in [5.41, 5.74) is 5.00. The number of primary amides is 1. The van der Waals surface area contributed by atoms with Crippen LogP contribution in [0.3, 0.4) is 0 Å². The van der Waals surface area contributed by atoms with Gasteiger partial charge in [0.05, 0.1) is 18.6 Å². The number of hydrogen-bond acceptors (Lipinski definition) is 4. The first kappa shape index (κ1) is 18.9. The Balaban J connectivity index is 0. The van der Waals surface area contributed by atoms with Gasteiger partial charge < -0.3 is 11.1 Å². The van der Waals surface area contributed by atoms with Gasteiger partial charge in [-0.1, -0.05) is 20.3 Å². The monoisotopic (exact) mass is 259 g/mol. The highest BCUT2D eigenvalue weighted by Crippen LogP contribution is 1.86. The van der Waals surface area contributed by atoms with Crippen molar-refractivity contribution in [1.29, 1.82) is 0 Å². The Bertz CT molecular complexity index is 280. The topological polar surface area (TPSA) is 101 Å². The molecule has 0 rings (SSSR count). The van der Waals surface area contributed by atoms with Gasteiger partial charge in [-0.15, -0.1) is 0 Å². The van der Waals surface area contributed by atoms with Gasteiger partial charge in [-0.25, -0.2) is 0 Å². The summed E-state index contributed by atoms with van der Waals surface area (Å²) in [7, 11) is 0. The molecule has 0 aliphatic rings. The smallest absolute Gasteiger partial charge is 0.234 e. The van der Waals surface area contributed by atoms with Gasteiger partial charge >= 0.3 is 0 Å². The van der Waals surface area contributed by atoms with Crippen molar-refractivity contribution in [3.8, 4) is 0 Å². The molecule has 18 heavy (non-hydrogen) atoms. The Morgan fingerprint density at radius 1 is 1.11 bits per heavy atom. The van der Waals surface area contributed by atoms with Crippen molar-refractivity contribution in [1.82, 2.24) is 10.6 Å². The molecule has 0 fully saturated rings. The number of Topliss-reactive ketones (excluding diaryl/α,β-unsaturated/α-hetero) is 1. The Morgan fingerprint density at radius 2 is 1.56 bits per heavy atom. The zero-order valence-electron chi connectivity index (χ0n) is 11.9. The molecule has 0 saturated carbocycles. The highest BCUT2D eigenvalue weighted by molar-refractivity contribution is 5.90. The third kappa shape index (κ3) is 11.1. The Labute approximate surface area is 109 Å². The van der Waals surface area contributed by atoms with E-state index in [-0.39, 0.29) is 18.2 Å². The van der Waals surface area contributed by atoms with Crippen LogP contribution in [0.5, 0.6) is 0 Å². The molecule has 106 valence electrons. The molecule has 0 aliphatic carbocycles. The van der Waals surface area contributed by atoms with Crippen molar-refractivity contribution < 1.29 is 14.4 Å². The number of hydrogen-bond donors (Lipinski definition) is 3. The predicted molar refractivity (Wildman–Crippen MR) is 70.9 cm³/mol. The van der Waals surface area contributed by atoms with Crippen molar-refractivity contribution in [2.24, 2.45) is 5.73 Å².